The third kappa shape index (κ3) is 4.97. The second-order valence-corrected chi connectivity index (χ2v) is 9.71. The summed E-state index contributed by atoms with van der Waals surface area (Å²) < 4.78 is 6.00. The molecule has 164 valence electrons. The van der Waals surface area contributed by atoms with Crippen molar-refractivity contribution in [3.05, 3.63) is 70.7 Å². The summed E-state index contributed by atoms with van der Waals surface area (Å²) in [4.78, 5) is 17.7. The molecule has 0 radical (unpaired) electrons. The van der Waals surface area contributed by atoms with Crippen LogP contribution in [0.5, 0.6) is 0 Å². The van der Waals surface area contributed by atoms with Crippen molar-refractivity contribution in [1.29, 1.82) is 0 Å². The van der Waals surface area contributed by atoms with Gasteiger partial charge in [-0.3, -0.25) is 9.69 Å². The lowest BCUT2D eigenvalue weighted by molar-refractivity contribution is -0.138. The molecule has 3 fully saturated rings. The van der Waals surface area contributed by atoms with Crippen LogP contribution in [0.2, 0.25) is 5.02 Å². The van der Waals surface area contributed by atoms with Crippen molar-refractivity contribution < 1.29 is 9.53 Å². The van der Waals surface area contributed by atoms with Crippen LogP contribution < -0.4 is 0 Å². The van der Waals surface area contributed by atoms with Gasteiger partial charge in [-0.2, -0.15) is 0 Å². The molecule has 4 nitrogen and oxygen atoms in total. The van der Waals surface area contributed by atoms with E-state index in [4.69, 9.17) is 16.3 Å². The van der Waals surface area contributed by atoms with E-state index in [1.165, 1.54) is 11.1 Å². The highest BCUT2D eigenvalue weighted by Crippen LogP contribution is 2.46. The number of carbonyl (C=O) groups excluding carboxylic acids is 1. The van der Waals surface area contributed by atoms with Gasteiger partial charge in [-0.1, -0.05) is 54.1 Å². The Balaban J connectivity index is 1.06. The van der Waals surface area contributed by atoms with Crippen LogP contribution in [0.3, 0.4) is 0 Å². The molecule has 0 bridgehead atoms. The zero-order valence-electron chi connectivity index (χ0n) is 18.0. The molecule has 0 spiro atoms. The van der Waals surface area contributed by atoms with E-state index in [9.17, 15) is 4.79 Å². The number of carbonyl (C=O) groups is 1. The average Bonchev–Trinajstić information content (AvgIpc) is 3.61. The number of piperidine rings is 2. The molecule has 31 heavy (non-hydrogen) atoms. The summed E-state index contributed by atoms with van der Waals surface area (Å²) in [6.07, 6.45) is 4.57. The Morgan fingerprint density at radius 2 is 1.58 bits per heavy atom. The molecular formula is C26H31ClN2O2. The number of hydrogen-bond donors (Lipinski definition) is 0. The van der Waals surface area contributed by atoms with Crippen LogP contribution in [0.25, 0.3) is 0 Å². The number of amides is 1. The first-order valence-electron chi connectivity index (χ1n) is 11.6. The second kappa shape index (κ2) is 9.32. The Hall–Kier alpha value is -1.88. The zero-order valence-corrected chi connectivity index (χ0v) is 18.7. The minimum absolute atomic E-state index is 0.197. The molecule has 5 heteroatoms. The van der Waals surface area contributed by atoms with Crippen molar-refractivity contribution >= 4 is 17.5 Å². The maximum Gasteiger partial charge on any atom is 0.225 e. The van der Waals surface area contributed by atoms with Crippen molar-refractivity contribution in [1.82, 2.24) is 9.80 Å². The van der Waals surface area contributed by atoms with E-state index >= 15 is 0 Å². The van der Waals surface area contributed by atoms with E-state index in [2.05, 4.69) is 52.3 Å². The predicted octanol–water partition coefficient (Wildman–Crippen LogP) is 4.93. The van der Waals surface area contributed by atoms with Crippen molar-refractivity contribution in [3.8, 4) is 0 Å². The van der Waals surface area contributed by atoms with Gasteiger partial charge in [0.25, 0.3) is 0 Å². The molecular weight excluding hydrogens is 408 g/mol. The minimum Gasteiger partial charge on any atom is -0.364 e. The summed E-state index contributed by atoms with van der Waals surface area (Å²) in [5, 5.41) is 0.763. The number of hydrogen-bond acceptors (Lipinski definition) is 3. The summed E-state index contributed by atoms with van der Waals surface area (Å²) in [7, 11) is 0. The standard InChI is InChI=1S/C26H31ClN2O2/c27-23-8-6-20(7-9-23)24-25(31-24)21-12-16-29(17-13-21)26(30)22-10-14-28(15-11-22)18-19-4-2-1-3-5-19/h1-9,21-22,24-25H,10-18H2. The van der Waals surface area contributed by atoms with Gasteiger partial charge >= 0.3 is 0 Å². The molecule has 5 rings (SSSR count). The highest BCUT2D eigenvalue weighted by atomic mass is 35.5. The van der Waals surface area contributed by atoms with E-state index in [0.717, 1.165) is 63.4 Å². The molecule has 3 aliphatic heterocycles. The SMILES string of the molecule is O=C(C1CCN(Cc2ccccc2)CC1)N1CCC(C2OC2c2ccc(Cl)cc2)CC1. The lowest BCUT2D eigenvalue weighted by Crippen LogP contribution is -2.45. The normalized spacial score (nSPS) is 25.5. The molecule has 0 aliphatic carbocycles. The first-order valence-corrected chi connectivity index (χ1v) is 12.0. The molecule has 3 aliphatic rings. The summed E-state index contributed by atoms with van der Waals surface area (Å²) in [6.45, 7) is 4.77. The summed E-state index contributed by atoms with van der Waals surface area (Å²) >= 11 is 5.99. The average molecular weight is 439 g/mol. The van der Waals surface area contributed by atoms with E-state index < -0.39 is 0 Å². The fourth-order valence-electron chi connectivity index (χ4n) is 5.29. The van der Waals surface area contributed by atoms with Crippen LogP contribution in [0, 0.1) is 11.8 Å². The summed E-state index contributed by atoms with van der Waals surface area (Å²) in [6, 6.07) is 18.6. The van der Waals surface area contributed by atoms with Crippen LogP contribution in [0.4, 0.5) is 0 Å². The second-order valence-electron chi connectivity index (χ2n) is 9.27. The topological polar surface area (TPSA) is 36.1 Å². The van der Waals surface area contributed by atoms with Crippen molar-refractivity contribution in [2.45, 2.75) is 44.4 Å². The van der Waals surface area contributed by atoms with Crippen LogP contribution in [-0.4, -0.2) is 48.0 Å². The van der Waals surface area contributed by atoms with Crippen LogP contribution >= 0.6 is 11.6 Å². The molecule has 0 aromatic heterocycles. The van der Waals surface area contributed by atoms with Gasteiger partial charge in [-0.05, 0) is 68.0 Å². The monoisotopic (exact) mass is 438 g/mol. The maximum absolute atomic E-state index is 13.1. The molecule has 2 aromatic carbocycles. The molecule has 0 N–H and O–H groups in total. The van der Waals surface area contributed by atoms with E-state index in [1.807, 2.05) is 12.1 Å². The lowest BCUT2D eigenvalue weighted by atomic mass is 9.88. The number of benzene rings is 2. The summed E-state index contributed by atoms with van der Waals surface area (Å²) in [5.41, 5.74) is 2.57. The van der Waals surface area contributed by atoms with Gasteiger partial charge in [0, 0.05) is 30.6 Å². The molecule has 2 aromatic rings. The predicted molar refractivity (Wildman–Crippen MR) is 123 cm³/mol. The highest BCUT2D eigenvalue weighted by molar-refractivity contribution is 6.30. The quantitative estimate of drug-likeness (QED) is 0.621. The first-order chi connectivity index (χ1) is 15.2. The van der Waals surface area contributed by atoms with Gasteiger partial charge in [-0.15, -0.1) is 0 Å². The van der Waals surface area contributed by atoms with Crippen LogP contribution in [0.15, 0.2) is 54.6 Å². The Bertz CT molecular complexity index is 872. The molecule has 2 atom stereocenters. The molecule has 0 saturated carbocycles. The van der Waals surface area contributed by atoms with Gasteiger partial charge in [0.05, 0.1) is 6.10 Å². The van der Waals surface area contributed by atoms with Gasteiger partial charge in [-0.25, -0.2) is 0 Å². The molecule has 1 amide bonds. The van der Waals surface area contributed by atoms with Crippen molar-refractivity contribution in [2.75, 3.05) is 26.2 Å². The third-order valence-corrected chi connectivity index (χ3v) is 7.48. The lowest BCUT2D eigenvalue weighted by Gasteiger charge is -2.37. The first kappa shape index (κ1) is 21.0. The van der Waals surface area contributed by atoms with Crippen molar-refractivity contribution in [3.63, 3.8) is 0 Å². The smallest absolute Gasteiger partial charge is 0.225 e. The Labute approximate surface area is 190 Å². The van der Waals surface area contributed by atoms with Crippen LogP contribution in [-0.2, 0) is 16.1 Å². The Morgan fingerprint density at radius 3 is 2.26 bits per heavy atom. The zero-order chi connectivity index (χ0) is 21.2. The van der Waals surface area contributed by atoms with E-state index in [1.54, 1.807) is 0 Å². The van der Waals surface area contributed by atoms with Gasteiger partial charge in [0.2, 0.25) is 5.91 Å². The highest BCUT2D eigenvalue weighted by Gasteiger charge is 2.46. The van der Waals surface area contributed by atoms with E-state index in [0.29, 0.717) is 17.9 Å². The molecule has 3 heterocycles. The van der Waals surface area contributed by atoms with Crippen LogP contribution in [0.1, 0.15) is 42.9 Å². The largest absolute Gasteiger partial charge is 0.364 e. The number of rotatable bonds is 5. The fraction of sp³-hybridized carbons (Fsp3) is 0.500. The van der Waals surface area contributed by atoms with Gasteiger partial charge < -0.3 is 9.64 Å². The number of ether oxygens (including phenoxy) is 1. The number of halogens is 1. The number of epoxide rings is 1. The Kier molecular flexibility index (Phi) is 6.31. The van der Waals surface area contributed by atoms with Gasteiger partial charge in [0.15, 0.2) is 0 Å². The summed E-state index contributed by atoms with van der Waals surface area (Å²) in [5.74, 6) is 1.13. The number of nitrogens with zero attached hydrogens (tertiary/aromatic N) is 2. The minimum atomic E-state index is 0.197. The van der Waals surface area contributed by atoms with Gasteiger partial charge in [0.1, 0.15) is 6.10 Å². The molecule has 2 unspecified atom stereocenters. The number of likely N-dealkylation sites (tertiary alicyclic amines) is 2. The van der Waals surface area contributed by atoms with Crippen molar-refractivity contribution in [2.24, 2.45) is 11.8 Å². The fourth-order valence-corrected chi connectivity index (χ4v) is 5.42. The Morgan fingerprint density at radius 1 is 0.903 bits per heavy atom. The third-order valence-electron chi connectivity index (χ3n) is 7.23. The maximum atomic E-state index is 13.1. The molecule has 3 saturated heterocycles. The van der Waals surface area contributed by atoms with E-state index in [-0.39, 0.29) is 12.0 Å².